The number of unbranched alkanes of at least 4 members (excludes halogenated alkanes) is 5. The number of thioether (sulfide) groups is 1. The van der Waals surface area contributed by atoms with Gasteiger partial charge in [0.15, 0.2) is 5.12 Å². The number of carbonyl (C=O) groups excluding carboxylic acids is 1. The summed E-state index contributed by atoms with van der Waals surface area (Å²) in [6.45, 7) is 7.69. The lowest BCUT2D eigenvalue weighted by atomic mass is 9.47. The van der Waals surface area contributed by atoms with E-state index in [2.05, 4.69) is 26.8 Å². The van der Waals surface area contributed by atoms with Crippen LogP contribution < -0.4 is 0 Å². The lowest BCUT2D eigenvalue weighted by Gasteiger charge is -2.58. The number of rotatable bonds is 10. The Balaban J connectivity index is 1.16. The molecular formula is C35H58OS. The van der Waals surface area contributed by atoms with Crippen LogP contribution in [-0.2, 0) is 4.79 Å². The molecule has 0 unspecified atom stereocenters. The topological polar surface area (TPSA) is 17.1 Å². The van der Waals surface area contributed by atoms with E-state index in [4.69, 9.17) is 0 Å². The number of hydrogen-bond acceptors (Lipinski definition) is 2. The van der Waals surface area contributed by atoms with Crippen LogP contribution in [0.5, 0.6) is 0 Å². The molecule has 0 bridgehead atoms. The third-order valence-corrected chi connectivity index (χ3v) is 13.8. The molecule has 7 atom stereocenters. The van der Waals surface area contributed by atoms with Crippen molar-refractivity contribution in [3.8, 4) is 0 Å². The fourth-order valence-electron chi connectivity index (χ4n) is 10.3. The van der Waals surface area contributed by atoms with Gasteiger partial charge < -0.3 is 0 Å². The van der Waals surface area contributed by atoms with Gasteiger partial charge in [-0.05, 0) is 111 Å². The van der Waals surface area contributed by atoms with E-state index in [9.17, 15) is 4.79 Å². The molecule has 0 aromatic carbocycles. The molecule has 0 aliphatic heterocycles. The molecule has 0 amide bonds. The minimum atomic E-state index is 0.422. The molecule has 0 aromatic rings. The van der Waals surface area contributed by atoms with Crippen molar-refractivity contribution in [1.82, 2.24) is 0 Å². The Kier molecular flexibility index (Phi) is 9.57. The highest BCUT2D eigenvalue weighted by Gasteiger charge is 2.58. The average molecular weight is 527 g/mol. The Hall–Kier alpha value is -0.240. The quantitative estimate of drug-likeness (QED) is 0.208. The average Bonchev–Trinajstić information content (AvgIpc) is 3.23. The maximum atomic E-state index is 12.9. The second kappa shape index (κ2) is 12.5. The van der Waals surface area contributed by atoms with Crippen molar-refractivity contribution in [2.24, 2.45) is 40.4 Å². The zero-order valence-corrected chi connectivity index (χ0v) is 25.5. The van der Waals surface area contributed by atoms with Gasteiger partial charge in [0, 0.05) is 11.7 Å². The third kappa shape index (κ3) is 6.10. The normalized spacial score (nSPS) is 40.0. The summed E-state index contributed by atoms with van der Waals surface area (Å²) in [5.41, 5.74) is 2.80. The zero-order valence-electron chi connectivity index (χ0n) is 24.7. The zero-order chi connectivity index (χ0) is 25.9. The van der Waals surface area contributed by atoms with E-state index in [0.717, 1.165) is 30.1 Å². The van der Waals surface area contributed by atoms with Crippen molar-refractivity contribution in [3.63, 3.8) is 0 Å². The van der Waals surface area contributed by atoms with Gasteiger partial charge in [-0.25, -0.2) is 0 Å². The molecule has 2 heteroatoms. The maximum absolute atomic E-state index is 12.9. The second-order valence-corrected chi connectivity index (χ2v) is 16.1. The van der Waals surface area contributed by atoms with Gasteiger partial charge in [0.05, 0.1) is 0 Å². The monoisotopic (exact) mass is 526 g/mol. The van der Waals surface area contributed by atoms with Gasteiger partial charge in [0.25, 0.3) is 0 Å². The van der Waals surface area contributed by atoms with Gasteiger partial charge in [-0.1, -0.05) is 102 Å². The van der Waals surface area contributed by atoms with Crippen LogP contribution in [0.4, 0.5) is 0 Å². The lowest BCUT2D eigenvalue weighted by molar-refractivity contribution is -0.112. The molecule has 0 spiro atoms. The molecular weight excluding hydrogens is 468 g/mol. The minimum absolute atomic E-state index is 0.422. The number of fused-ring (bicyclic) bond motifs is 5. The molecule has 0 saturated heterocycles. The van der Waals surface area contributed by atoms with Crippen molar-refractivity contribution in [3.05, 3.63) is 11.6 Å². The molecule has 4 fully saturated rings. The van der Waals surface area contributed by atoms with Crippen LogP contribution in [0.1, 0.15) is 156 Å². The Morgan fingerprint density at radius 2 is 1.68 bits per heavy atom. The van der Waals surface area contributed by atoms with Crippen molar-refractivity contribution < 1.29 is 4.79 Å². The molecule has 0 radical (unpaired) electrons. The molecule has 1 nitrogen and oxygen atoms in total. The van der Waals surface area contributed by atoms with E-state index in [1.54, 1.807) is 17.3 Å². The van der Waals surface area contributed by atoms with Crippen molar-refractivity contribution >= 4 is 16.9 Å². The molecule has 5 aliphatic rings. The Bertz CT molecular complexity index is 795. The first-order chi connectivity index (χ1) is 17.9. The largest absolute Gasteiger partial charge is 0.287 e. The van der Waals surface area contributed by atoms with Crippen LogP contribution in [-0.4, -0.2) is 10.4 Å². The van der Waals surface area contributed by atoms with Gasteiger partial charge >= 0.3 is 0 Å². The second-order valence-electron chi connectivity index (χ2n) is 14.7. The SMILES string of the molecule is CCCCCCCC[C@@H]1CC[C@@H]2[C@H]3CC=C4C[C@@H](SC(=O)CC5CCCCC5)CC[C@]4(C)[C@H]3CC[C@]12C. The van der Waals surface area contributed by atoms with Gasteiger partial charge in [-0.3, -0.25) is 4.79 Å². The van der Waals surface area contributed by atoms with E-state index in [1.807, 2.05) is 0 Å². The first-order valence-corrected chi connectivity index (χ1v) is 17.7. The fraction of sp³-hybridized carbons (Fsp3) is 0.914. The third-order valence-electron chi connectivity index (χ3n) is 12.6. The molecule has 0 N–H and O–H groups in total. The number of carbonyl (C=O) groups is 1. The van der Waals surface area contributed by atoms with Gasteiger partial charge in [-0.2, -0.15) is 0 Å². The fourth-order valence-corrected chi connectivity index (χ4v) is 11.5. The first kappa shape index (κ1) is 28.3. The summed E-state index contributed by atoms with van der Waals surface area (Å²) in [5.74, 6) is 4.48. The highest BCUT2D eigenvalue weighted by atomic mass is 32.2. The molecule has 5 aliphatic carbocycles. The minimum Gasteiger partial charge on any atom is -0.287 e. The first-order valence-electron chi connectivity index (χ1n) is 16.8. The van der Waals surface area contributed by atoms with Crippen LogP contribution in [0.25, 0.3) is 0 Å². The summed E-state index contributed by atoms with van der Waals surface area (Å²) >= 11 is 1.75. The summed E-state index contributed by atoms with van der Waals surface area (Å²) in [6.07, 6.45) is 31.5. The lowest BCUT2D eigenvalue weighted by Crippen LogP contribution is -2.50. The standard InChI is InChI=1S/C35H58OS/c1-4-5-6-7-8-12-15-27-17-19-31-30-18-16-28-25-29(37-33(36)24-26-13-10-9-11-14-26)20-22-35(28,3)32(30)21-23-34(27,31)2/h16,26-27,29-32H,4-15,17-25H2,1-3H3/t27-,29+,30-,31-,32+,34-,35+/m1/s1. The van der Waals surface area contributed by atoms with E-state index in [-0.39, 0.29) is 0 Å². The predicted molar refractivity (Wildman–Crippen MR) is 161 cm³/mol. The highest BCUT2D eigenvalue weighted by molar-refractivity contribution is 8.14. The molecule has 5 rings (SSSR count). The van der Waals surface area contributed by atoms with E-state index in [0.29, 0.717) is 27.1 Å². The highest BCUT2D eigenvalue weighted by Crippen LogP contribution is 2.67. The van der Waals surface area contributed by atoms with Crippen LogP contribution in [0.15, 0.2) is 11.6 Å². The summed E-state index contributed by atoms with van der Waals surface area (Å²) < 4.78 is 0. The van der Waals surface area contributed by atoms with Crippen LogP contribution >= 0.6 is 11.8 Å². The van der Waals surface area contributed by atoms with Crippen LogP contribution in [0.3, 0.4) is 0 Å². The Labute approximate surface area is 234 Å². The summed E-state index contributed by atoms with van der Waals surface area (Å²) in [7, 11) is 0. The molecule has 210 valence electrons. The van der Waals surface area contributed by atoms with E-state index >= 15 is 0 Å². The van der Waals surface area contributed by atoms with Crippen molar-refractivity contribution in [2.45, 2.75) is 161 Å². The van der Waals surface area contributed by atoms with Crippen LogP contribution in [0, 0.1) is 40.4 Å². The summed E-state index contributed by atoms with van der Waals surface area (Å²) in [6, 6.07) is 0. The van der Waals surface area contributed by atoms with Crippen LogP contribution in [0.2, 0.25) is 0 Å². The molecule has 37 heavy (non-hydrogen) atoms. The smallest absolute Gasteiger partial charge is 0.189 e. The van der Waals surface area contributed by atoms with Crippen molar-refractivity contribution in [1.29, 1.82) is 0 Å². The van der Waals surface area contributed by atoms with Gasteiger partial charge in [-0.15, -0.1) is 0 Å². The van der Waals surface area contributed by atoms with Gasteiger partial charge in [0.2, 0.25) is 0 Å². The van der Waals surface area contributed by atoms with E-state index in [1.165, 1.54) is 128 Å². The number of hydrogen-bond donors (Lipinski definition) is 0. The Morgan fingerprint density at radius 1 is 0.892 bits per heavy atom. The molecule has 4 saturated carbocycles. The van der Waals surface area contributed by atoms with E-state index < -0.39 is 0 Å². The predicted octanol–water partition coefficient (Wildman–Crippen LogP) is 10.9. The van der Waals surface area contributed by atoms with Gasteiger partial charge in [0.1, 0.15) is 0 Å². The maximum Gasteiger partial charge on any atom is 0.189 e. The van der Waals surface area contributed by atoms with Crippen molar-refractivity contribution in [2.75, 3.05) is 0 Å². The summed E-state index contributed by atoms with van der Waals surface area (Å²) in [5, 5.41) is 1.06. The summed E-state index contributed by atoms with van der Waals surface area (Å²) in [4.78, 5) is 12.9. The molecule has 0 aromatic heterocycles. The molecule has 0 heterocycles. The number of allylic oxidation sites excluding steroid dienone is 2. The Morgan fingerprint density at radius 3 is 2.49 bits per heavy atom.